The molecule has 5 heteroatoms. The molecule has 0 amide bonds. The summed E-state index contributed by atoms with van der Waals surface area (Å²) in [5, 5.41) is 3.46. The molecule has 0 aromatic carbocycles. The van der Waals surface area contributed by atoms with Gasteiger partial charge < -0.3 is 9.73 Å². The fourth-order valence-corrected chi connectivity index (χ4v) is 3.73. The smallest absolute Gasteiger partial charge is 0.121 e. The Bertz CT molecular complexity index is 381. The van der Waals surface area contributed by atoms with Crippen molar-refractivity contribution in [1.29, 1.82) is 0 Å². The zero-order valence-corrected chi connectivity index (χ0v) is 14.5. The molecule has 122 valence electrons. The van der Waals surface area contributed by atoms with E-state index in [9.17, 15) is 0 Å². The number of halogens is 2. The van der Waals surface area contributed by atoms with E-state index in [1.165, 1.54) is 37.9 Å². The monoisotopic (exact) mass is 334 g/mol. The molecule has 1 atom stereocenters. The number of nitrogens with one attached hydrogen (secondary N) is 1. The van der Waals surface area contributed by atoms with Crippen LogP contribution in [-0.4, -0.2) is 31.1 Å². The van der Waals surface area contributed by atoms with Crippen LogP contribution in [0.25, 0.3) is 0 Å². The minimum absolute atomic E-state index is 0. The van der Waals surface area contributed by atoms with Gasteiger partial charge in [-0.3, -0.25) is 4.90 Å². The van der Waals surface area contributed by atoms with Crippen molar-refractivity contribution in [2.75, 3.05) is 26.2 Å². The quantitative estimate of drug-likeness (QED) is 0.906. The summed E-state index contributed by atoms with van der Waals surface area (Å²) in [6.45, 7) is 6.59. The molecule has 2 aliphatic rings. The van der Waals surface area contributed by atoms with Gasteiger partial charge in [-0.2, -0.15) is 0 Å². The molecule has 2 heterocycles. The second-order valence-electron chi connectivity index (χ2n) is 6.08. The van der Waals surface area contributed by atoms with Gasteiger partial charge in [0.05, 0.1) is 6.04 Å². The first-order chi connectivity index (χ1) is 9.34. The second-order valence-corrected chi connectivity index (χ2v) is 6.08. The van der Waals surface area contributed by atoms with Crippen LogP contribution in [0.15, 0.2) is 16.5 Å². The fraction of sp³-hybridized carbons (Fsp3) is 0.750. The lowest BCUT2D eigenvalue weighted by atomic mass is 9.82. The van der Waals surface area contributed by atoms with Gasteiger partial charge in [0.15, 0.2) is 0 Å². The zero-order chi connectivity index (χ0) is 13.1. The average Bonchev–Trinajstić information content (AvgIpc) is 2.88. The van der Waals surface area contributed by atoms with Gasteiger partial charge in [0, 0.05) is 26.2 Å². The van der Waals surface area contributed by atoms with Gasteiger partial charge in [-0.05, 0) is 37.8 Å². The molecule has 0 radical (unpaired) electrons. The Hall–Kier alpha value is -0.220. The van der Waals surface area contributed by atoms with Gasteiger partial charge in [0.1, 0.15) is 11.5 Å². The Morgan fingerprint density at radius 1 is 1.10 bits per heavy atom. The number of aryl methyl sites for hydroxylation is 1. The van der Waals surface area contributed by atoms with E-state index in [0.717, 1.165) is 37.9 Å². The summed E-state index contributed by atoms with van der Waals surface area (Å²) in [4.78, 5) is 2.64. The summed E-state index contributed by atoms with van der Waals surface area (Å²) in [5.41, 5.74) is 0. The van der Waals surface area contributed by atoms with Crippen molar-refractivity contribution in [2.45, 2.75) is 45.1 Å². The second kappa shape index (κ2) is 9.04. The summed E-state index contributed by atoms with van der Waals surface area (Å²) in [6, 6.07) is 4.83. The largest absolute Gasteiger partial charge is 0.465 e. The standard InChI is InChI=1S/C16H26N2O.2ClH/c1-13-7-8-15(19-13)16(14-5-3-2-4-6-14)18-11-9-17-10-12-18;;/h7-8,14,16-17H,2-6,9-12H2,1H3;2*1H/t16-;;/m0../s1. The van der Waals surface area contributed by atoms with Gasteiger partial charge in [0.2, 0.25) is 0 Å². The van der Waals surface area contributed by atoms with E-state index in [1.807, 2.05) is 0 Å². The lowest BCUT2D eigenvalue weighted by Crippen LogP contribution is -2.47. The zero-order valence-electron chi connectivity index (χ0n) is 12.8. The van der Waals surface area contributed by atoms with Crippen LogP contribution in [0.5, 0.6) is 0 Å². The molecule has 0 spiro atoms. The van der Waals surface area contributed by atoms with Crippen LogP contribution < -0.4 is 5.32 Å². The van der Waals surface area contributed by atoms with Crippen molar-refractivity contribution in [3.8, 4) is 0 Å². The average molecular weight is 335 g/mol. The number of rotatable bonds is 3. The van der Waals surface area contributed by atoms with Crippen LogP contribution in [0.1, 0.15) is 49.7 Å². The Morgan fingerprint density at radius 3 is 2.33 bits per heavy atom. The van der Waals surface area contributed by atoms with E-state index < -0.39 is 0 Å². The molecule has 1 aromatic rings. The van der Waals surface area contributed by atoms with Crippen molar-refractivity contribution in [3.63, 3.8) is 0 Å². The first-order valence-electron chi connectivity index (χ1n) is 7.86. The van der Waals surface area contributed by atoms with E-state index in [-0.39, 0.29) is 24.8 Å². The first-order valence-corrected chi connectivity index (χ1v) is 7.86. The van der Waals surface area contributed by atoms with Gasteiger partial charge in [-0.15, -0.1) is 24.8 Å². The maximum absolute atomic E-state index is 5.99. The van der Waals surface area contributed by atoms with Crippen molar-refractivity contribution in [3.05, 3.63) is 23.7 Å². The molecule has 3 nitrogen and oxygen atoms in total. The van der Waals surface area contributed by atoms with E-state index in [0.29, 0.717) is 6.04 Å². The fourth-order valence-electron chi connectivity index (χ4n) is 3.73. The van der Waals surface area contributed by atoms with Gasteiger partial charge in [-0.25, -0.2) is 0 Å². The minimum atomic E-state index is 0. The maximum Gasteiger partial charge on any atom is 0.121 e. The molecule has 1 aliphatic carbocycles. The Balaban J connectivity index is 0.00000110. The molecule has 2 fully saturated rings. The van der Waals surface area contributed by atoms with Gasteiger partial charge in [0.25, 0.3) is 0 Å². The highest BCUT2D eigenvalue weighted by Gasteiger charge is 2.32. The van der Waals surface area contributed by atoms with Crippen LogP contribution in [0.4, 0.5) is 0 Å². The molecular formula is C16H28Cl2N2O. The van der Waals surface area contributed by atoms with Crippen molar-refractivity contribution in [1.82, 2.24) is 10.2 Å². The highest BCUT2D eigenvalue weighted by Crippen LogP contribution is 2.39. The lowest BCUT2D eigenvalue weighted by Gasteiger charge is -2.39. The van der Waals surface area contributed by atoms with Crippen molar-refractivity contribution < 1.29 is 4.42 Å². The predicted octanol–water partition coefficient (Wildman–Crippen LogP) is 3.96. The number of furan rings is 1. The number of hydrogen-bond donors (Lipinski definition) is 1. The van der Waals surface area contributed by atoms with Crippen LogP contribution >= 0.6 is 24.8 Å². The molecule has 21 heavy (non-hydrogen) atoms. The molecule has 1 saturated heterocycles. The van der Waals surface area contributed by atoms with Crippen LogP contribution in [0.2, 0.25) is 0 Å². The summed E-state index contributed by atoms with van der Waals surface area (Å²) in [7, 11) is 0. The normalized spacial score (nSPS) is 22.1. The van der Waals surface area contributed by atoms with Gasteiger partial charge >= 0.3 is 0 Å². The van der Waals surface area contributed by atoms with Crippen LogP contribution in [-0.2, 0) is 0 Å². The summed E-state index contributed by atoms with van der Waals surface area (Å²) in [6.07, 6.45) is 6.95. The highest BCUT2D eigenvalue weighted by atomic mass is 35.5. The summed E-state index contributed by atoms with van der Waals surface area (Å²) >= 11 is 0. The number of piperazine rings is 1. The molecule has 3 rings (SSSR count). The maximum atomic E-state index is 5.99. The molecule has 1 aromatic heterocycles. The Kier molecular flexibility index (Phi) is 8.10. The molecule has 0 bridgehead atoms. The van der Waals surface area contributed by atoms with Crippen LogP contribution in [0, 0.1) is 12.8 Å². The van der Waals surface area contributed by atoms with E-state index in [1.54, 1.807) is 0 Å². The van der Waals surface area contributed by atoms with Crippen molar-refractivity contribution in [2.24, 2.45) is 5.92 Å². The molecule has 1 aliphatic heterocycles. The molecule has 1 saturated carbocycles. The third-order valence-electron chi connectivity index (χ3n) is 4.69. The highest BCUT2D eigenvalue weighted by molar-refractivity contribution is 5.85. The molecular weight excluding hydrogens is 307 g/mol. The summed E-state index contributed by atoms with van der Waals surface area (Å²) < 4.78 is 5.99. The topological polar surface area (TPSA) is 28.4 Å². The number of nitrogens with zero attached hydrogens (tertiary/aromatic N) is 1. The molecule has 0 unspecified atom stereocenters. The third-order valence-corrected chi connectivity index (χ3v) is 4.69. The van der Waals surface area contributed by atoms with E-state index in [4.69, 9.17) is 4.42 Å². The lowest BCUT2D eigenvalue weighted by molar-refractivity contribution is 0.0864. The minimum Gasteiger partial charge on any atom is -0.465 e. The summed E-state index contributed by atoms with van der Waals surface area (Å²) in [5.74, 6) is 3.04. The van der Waals surface area contributed by atoms with E-state index >= 15 is 0 Å². The van der Waals surface area contributed by atoms with E-state index in [2.05, 4.69) is 29.3 Å². The Labute approximate surface area is 140 Å². The first kappa shape index (κ1) is 18.8. The number of hydrogen-bond acceptors (Lipinski definition) is 3. The van der Waals surface area contributed by atoms with Crippen LogP contribution in [0.3, 0.4) is 0 Å². The predicted molar refractivity (Wildman–Crippen MR) is 91.7 cm³/mol. The third kappa shape index (κ3) is 4.62. The Morgan fingerprint density at radius 2 is 1.76 bits per heavy atom. The SMILES string of the molecule is Cc1ccc([C@H](C2CCCCC2)N2CCNCC2)o1.Cl.Cl. The molecule has 1 N–H and O–H groups in total. The van der Waals surface area contributed by atoms with Gasteiger partial charge in [-0.1, -0.05) is 19.3 Å². The van der Waals surface area contributed by atoms with Crippen molar-refractivity contribution >= 4 is 24.8 Å².